The van der Waals surface area contributed by atoms with E-state index in [1.807, 2.05) is 29.0 Å². The smallest absolute Gasteiger partial charge is 0.275 e. The zero-order valence-corrected chi connectivity index (χ0v) is 16.2. The summed E-state index contributed by atoms with van der Waals surface area (Å²) in [4.78, 5) is 32.5. The number of nitrogens with zero attached hydrogens (tertiary/aromatic N) is 2. The van der Waals surface area contributed by atoms with Crippen molar-refractivity contribution in [3.05, 3.63) is 47.2 Å². The van der Waals surface area contributed by atoms with E-state index in [9.17, 15) is 9.59 Å². The van der Waals surface area contributed by atoms with Crippen LogP contribution in [0.25, 0.3) is 10.9 Å². The van der Waals surface area contributed by atoms with Crippen LogP contribution in [0.1, 0.15) is 45.2 Å². The molecule has 0 atom stereocenters. The van der Waals surface area contributed by atoms with Crippen molar-refractivity contribution in [3.63, 3.8) is 0 Å². The van der Waals surface area contributed by atoms with E-state index in [4.69, 9.17) is 0 Å². The van der Waals surface area contributed by atoms with Gasteiger partial charge in [0.1, 0.15) is 11.5 Å². The molecule has 5 rings (SSSR count). The number of aryl methyl sites for hydroxylation is 1. The van der Waals surface area contributed by atoms with Crippen LogP contribution in [0.2, 0.25) is 0 Å². The number of imidazole rings is 1. The first-order chi connectivity index (χ1) is 13.2. The van der Waals surface area contributed by atoms with Gasteiger partial charge in [-0.15, -0.1) is 12.4 Å². The van der Waals surface area contributed by atoms with Gasteiger partial charge in [0.05, 0.1) is 5.69 Å². The van der Waals surface area contributed by atoms with Gasteiger partial charge in [-0.05, 0) is 30.5 Å². The highest BCUT2D eigenvalue weighted by Crippen LogP contribution is 2.30. The predicted molar refractivity (Wildman–Crippen MR) is 110 cm³/mol. The molecule has 1 aliphatic heterocycles. The number of Topliss-reactive ketones (excluding diaryl/α,β-unsaturated/α-hetero) is 1. The number of anilines is 1. The van der Waals surface area contributed by atoms with Crippen LogP contribution in [0.3, 0.4) is 0 Å². The highest BCUT2D eigenvalue weighted by Gasteiger charge is 2.22. The van der Waals surface area contributed by atoms with Gasteiger partial charge in [-0.3, -0.25) is 9.59 Å². The Balaban J connectivity index is 0.00000192. The van der Waals surface area contributed by atoms with Crippen molar-refractivity contribution in [1.82, 2.24) is 19.9 Å². The number of nitrogens with one attached hydrogen (secondary N) is 3. The molecular formula is C20H22ClN5O2. The molecule has 7 nitrogen and oxygen atoms in total. The molecule has 28 heavy (non-hydrogen) atoms. The minimum atomic E-state index is -0.213. The monoisotopic (exact) mass is 399 g/mol. The number of halogens is 1. The minimum absolute atomic E-state index is 0. The molecular weight excluding hydrogens is 378 g/mol. The lowest BCUT2D eigenvalue weighted by Gasteiger charge is -2.09. The Kier molecular flexibility index (Phi) is 4.95. The van der Waals surface area contributed by atoms with E-state index in [2.05, 4.69) is 20.6 Å². The van der Waals surface area contributed by atoms with Crippen LogP contribution >= 0.6 is 12.4 Å². The Morgan fingerprint density at radius 2 is 2.07 bits per heavy atom. The Morgan fingerprint density at radius 3 is 2.96 bits per heavy atom. The number of aromatic amines is 1. The number of amides is 1. The number of carbonyl (C=O) groups excluding carboxylic acids is 2. The minimum Gasteiger partial charge on any atom is -0.352 e. The lowest BCUT2D eigenvalue weighted by Crippen LogP contribution is -2.18. The van der Waals surface area contributed by atoms with Crippen LogP contribution < -0.4 is 10.6 Å². The van der Waals surface area contributed by atoms with Crippen molar-refractivity contribution < 1.29 is 9.59 Å². The summed E-state index contributed by atoms with van der Waals surface area (Å²) >= 11 is 0. The van der Waals surface area contributed by atoms with Gasteiger partial charge in [0.25, 0.3) is 5.91 Å². The van der Waals surface area contributed by atoms with E-state index in [0.717, 1.165) is 66.9 Å². The Morgan fingerprint density at radius 1 is 1.18 bits per heavy atom. The van der Waals surface area contributed by atoms with Gasteiger partial charge in [0.2, 0.25) is 0 Å². The standard InChI is InChI=1S/C20H21N5O2.ClH/c26-17-3-1-2-14-13-5-4-12(10-15(13)24-19(14)17)22-20(27)16-11-25-9-8-21-7-6-18(25)23-16;/h4-5,10-11,21,24H,1-3,6-9H2,(H,22,27);1H. The average molecular weight is 400 g/mol. The molecule has 1 aromatic carbocycles. The van der Waals surface area contributed by atoms with Crippen molar-refractivity contribution in [2.45, 2.75) is 32.2 Å². The van der Waals surface area contributed by atoms with Crippen LogP contribution in [-0.4, -0.2) is 39.3 Å². The Bertz CT molecular complexity index is 1040. The Labute approximate surface area is 168 Å². The summed E-state index contributed by atoms with van der Waals surface area (Å²) in [5.41, 5.74) is 3.85. The number of hydrogen-bond donors (Lipinski definition) is 3. The van der Waals surface area contributed by atoms with Gasteiger partial charge in [-0.1, -0.05) is 6.07 Å². The fraction of sp³-hybridized carbons (Fsp3) is 0.350. The molecule has 0 bridgehead atoms. The van der Waals surface area contributed by atoms with Gasteiger partial charge >= 0.3 is 0 Å². The summed E-state index contributed by atoms with van der Waals surface area (Å²) in [5, 5.41) is 7.32. The number of carbonyl (C=O) groups is 2. The Hall–Kier alpha value is -2.64. The largest absolute Gasteiger partial charge is 0.352 e. The molecule has 1 amide bonds. The maximum absolute atomic E-state index is 12.6. The second-order valence-corrected chi connectivity index (χ2v) is 7.21. The third-order valence-corrected chi connectivity index (χ3v) is 5.42. The van der Waals surface area contributed by atoms with E-state index in [0.29, 0.717) is 17.8 Å². The number of aromatic nitrogens is 3. The summed E-state index contributed by atoms with van der Waals surface area (Å²) in [6, 6.07) is 5.76. The normalized spacial score (nSPS) is 16.1. The van der Waals surface area contributed by atoms with E-state index in [-0.39, 0.29) is 24.1 Å². The van der Waals surface area contributed by atoms with E-state index in [1.165, 1.54) is 0 Å². The topological polar surface area (TPSA) is 91.8 Å². The molecule has 2 aliphatic rings. The molecule has 3 N–H and O–H groups in total. The second-order valence-electron chi connectivity index (χ2n) is 7.21. The third-order valence-electron chi connectivity index (χ3n) is 5.42. The molecule has 0 fully saturated rings. The van der Waals surface area contributed by atoms with Crippen molar-refractivity contribution in [1.29, 1.82) is 0 Å². The van der Waals surface area contributed by atoms with Gasteiger partial charge < -0.3 is 20.2 Å². The maximum atomic E-state index is 12.6. The molecule has 0 unspecified atom stereocenters. The van der Waals surface area contributed by atoms with Crippen LogP contribution in [0.4, 0.5) is 5.69 Å². The second kappa shape index (κ2) is 7.41. The summed E-state index contributed by atoms with van der Waals surface area (Å²) in [6.45, 7) is 2.59. The van der Waals surface area contributed by atoms with Gasteiger partial charge in [-0.2, -0.15) is 0 Å². The molecule has 1 aliphatic carbocycles. The zero-order chi connectivity index (χ0) is 18.4. The van der Waals surface area contributed by atoms with E-state index in [1.54, 1.807) is 0 Å². The van der Waals surface area contributed by atoms with Crippen molar-refractivity contribution >= 4 is 40.7 Å². The zero-order valence-electron chi connectivity index (χ0n) is 15.4. The van der Waals surface area contributed by atoms with Gasteiger partial charge in [0.15, 0.2) is 5.78 Å². The molecule has 0 saturated carbocycles. The van der Waals surface area contributed by atoms with Crippen LogP contribution in [0, 0.1) is 0 Å². The predicted octanol–water partition coefficient (Wildman–Crippen LogP) is 2.70. The quantitative estimate of drug-likeness (QED) is 0.617. The van der Waals surface area contributed by atoms with Crippen molar-refractivity contribution in [2.75, 3.05) is 18.4 Å². The van der Waals surface area contributed by atoms with Crippen LogP contribution in [-0.2, 0) is 19.4 Å². The molecule has 2 aromatic heterocycles. The molecule has 0 radical (unpaired) electrons. The van der Waals surface area contributed by atoms with Crippen LogP contribution in [0.5, 0.6) is 0 Å². The number of hydrogen-bond acceptors (Lipinski definition) is 4. The number of rotatable bonds is 2. The highest BCUT2D eigenvalue weighted by atomic mass is 35.5. The lowest BCUT2D eigenvalue weighted by atomic mass is 9.95. The maximum Gasteiger partial charge on any atom is 0.275 e. The lowest BCUT2D eigenvalue weighted by molar-refractivity contribution is 0.0967. The third kappa shape index (κ3) is 3.21. The summed E-state index contributed by atoms with van der Waals surface area (Å²) in [6.07, 6.45) is 5.06. The number of H-pyrrole nitrogens is 1. The highest BCUT2D eigenvalue weighted by molar-refractivity contribution is 6.06. The van der Waals surface area contributed by atoms with Gasteiger partial charge in [-0.25, -0.2) is 4.98 Å². The molecule has 3 aromatic rings. The fourth-order valence-electron chi connectivity index (χ4n) is 4.06. The summed E-state index contributed by atoms with van der Waals surface area (Å²) in [7, 11) is 0. The SMILES string of the molecule is Cl.O=C(Nc1ccc2c3c([nH]c2c1)C(=O)CCC3)c1cn2c(n1)CCNCC2. The molecule has 3 heterocycles. The van der Waals surface area contributed by atoms with Gasteiger partial charge in [0, 0.05) is 55.3 Å². The fourth-order valence-corrected chi connectivity index (χ4v) is 4.06. The number of ketones is 1. The van der Waals surface area contributed by atoms with Crippen LogP contribution in [0.15, 0.2) is 24.4 Å². The number of fused-ring (bicyclic) bond motifs is 4. The average Bonchev–Trinajstić information content (AvgIpc) is 3.17. The summed E-state index contributed by atoms with van der Waals surface area (Å²) in [5.74, 6) is 0.901. The molecule has 146 valence electrons. The summed E-state index contributed by atoms with van der Waals surface area (Å²) < 4.78 is 2.04. The first-order valence-electron chi connectivity index (χ1n) is 9.45. The van der Waals surface area contributed by atoms with E-state index >= 15 is 0 Å². The molecule has 8 heteroatoms. The van der Waals surface area contributed by atoms with Crippen molar-refractivity contribution in [3.8, 4) is 0 Å². The van der Waals surface area contributed by atoms with Crippen molar-refractivity contribution in [2.24, 2.45) is 0 Å². The molecule has 0 saturated heterocycles. The van der Waals surface area contributed by atoms with E-state index < -0.39 is 0 Å². The first-order valence-corrected chi connectivity index (χ1v) is 9.45. The first kappa shape index (κ1) is 18.7. The number of benzene rings is 1. The molecule has 0 spiro atoms.